The summed E-state index contributed by atoms with van der Waals surface area (Å²) in [6.45, 7) is 3.95. The zero-order valence-electron chi connectivity index (χ0n) is 8.24. The van der Waals surface area contributed by atoms with E-state index in [1.165, 1.54) is 25.7 Å². The molecule has 1 saturated heterocycles. The molecule has 2 aliphatic rings. The van der Waals surface area contributed by atoms with E-state index >= 15 is 0 Å². The Balaban J connectivity index is 1.88. The fourth-order valence-electron chi connectivity index (χ4n) is 2.50. The average molecular weight is 184 g/mol. The smallest absolute Gasteiger partial charge is 0.0594 e. The third-order valence-corrected chi connectivity index (χ3v) is 3.30. The standard InChI is InChI=1S/C10H20N2O/c11-9-3-1-2-4-10(9)12-5-7-13-8-6-12/h9-10H,1-8,11H2/t9-,10+/m0/s1. The first kappa shape index (κ1) is 9.44. The summed E-state index contributed by atoms with van der Waals surface area (Å²) >= 11 is 0. The maximum absolute atomic E-state index is 6.13. The number of ether oxygens (including phenoxy) is 1. The van der Waals surface area contributed by atoms with Crippen molar-refractivity contribution in [2.75, 3.05) is 26.3 Å². The third-order valence-electron chi connectivity index (χ3n) is 3.30. The molecular formula is C10H20N2O. The lowest BCUT2D eigenvalue weighted by molar-refractivity contribution is 0.00373. The quantitative estimate of drug-likeness (QED) is 0.648. The van der Waals surface area contributed by atoms with E-state index in [1.54, 1.807) is 0 Å². The summed E-state index contributed by atoms with van der Waals surface area (Å²) in [7, 11) is 0. The predicted molar refractivity (Wildman–Crippen MR) is 52.6 cm³/mol. The Hall–Kier alpha value is -0.120. The molecule has 13 heavy (non-hydrogen) atoms. The van der Waals surface area contributed by atoms with E-state index in [0.717, 1.165) is 26.3 Å². The molecule has 1 heterocycles. The number of hydrogen-bond donors (Lipinski definition) is 1. The first-order valence-corrected chi connectivity index (χ1v) is 5.45. The topological polar surface area (TPSA) is 38.5 Å². The largest absolute Gasteiger partial charge is 0.379 e. The zero-order valence-corrected chi connectivity index (χ0v) is 8.24. The molecule has 76 valence electrons. The van der Waals surface area contributed by atoms with Gasteiger partial charge >= 0.3 is 0 Å². The van der Waals surface area contributed by atoms with E-state index < -0.39 is 0 Å². The Morgan fingerprint density at radius 3 is 2.46 bits per heavy atom. The molecule has 0 aromatic heterocycles. The van der Waals surface area contributed by atoms with Gasteiger partial charge in [0, 0.05) is 25.2 Å². The molecule has 1 saturated carbocycles. The molecule has 2 atom stereocenters. The van der Waals surface area contributed by atoms with Crippen LogP contribution in [0.25, 0.3) is 0 Å². The summed E-state index contributed by atoms with van der Waals surface area (Å²) in [4.78, 5) is 2.52. The summed E-state index contributed by atoms with van der Waals surface area (Å²) in [6, 6.07) is 1.05. The van der Waals surface area contributed by atoms with Crippen molar-refractivity contribution in [3.05, 3.63) is 0 Å². The van der Waals surface area contributed by atoms with Crippen molar-refractivity contribution in [1.82, 2.24) is 4.90 Å². The molecule has 2 N–H and O–H groups in total. The minimum atomic E-state index is 0.409. The van der Waals surface area contributed by atoms with Gasteiger partial charge in [-0.15, -0.1) is 0 Å². The predicted octanol–water partition coefficient (Wildman–Crippen LogP) is 0.588. The summed E-state index contributed by atoms with van der Waals surface area (Å²) < 4.78 is 5.34. The minimum Gasteiger partial charge on any atom is -0.379 e. The van der Waals surface area contributed by atoms with Gasteiger partial charge in [0.25, 0.3) is 0 Å². The number of rotatable bonds is 1. The van der Waals surface area contributed by atoms with Crippen LogP contribution in [0, 0.1) is 0 Å². The van der Waals surface area contributed by atoms with Gasteiger partial charge in [-0.2, -0.15) is 0 Å². The molecule has 0 unspecified atom stereocenters. The van der Waals surface area contributed by atoms with E-state index in [1.807, 2.05) is 0 Å². The maximum Gasteiger partial charge on any atom is 0.0594 e. The van der Waals surface area contributed by atoms with E-state index in [2.05, 4.69) is 4.90 Å². The summed E-state index contributed by atoms with van der Waals surface area (Å²) in [5.41, 5.74) is 6.13. The molecular weight excluding hydrogens is 164 g/mol. The van der Waals surface area contributed by atoms with Crippen LogP contribution >= 0.6 is 0 Å². The molecule has 0 spiro atoms. The Labute approximate surface area is 80.2 Å². The lowest BCUT2D eigenvalue weighted by atomic mass is 9.89. The number of morpholine rings is 1. The van der Waals surface area contributed by atoms with Crippen molar-refractivity contribution in [2.24, 2.45) is 5.73 Å². The van der Waals surface area contributed by atoms with Gasteiger partial charge in [0.1, 0.15) is 0 Å². The van der Waals surface area contributed by atoms with E-state index in [0.29, 0.717) is 12.1 Å². The molecule has 2 rings (SSSR count). The highest BCUT2D eigenvalue weighted by Crippen LogP contribution is 2.22. The average Bonchev–Trinajstić information content (AvgIpc) is 2.20. The highest BCUT2D eigenvalue weighted by molar-refractivity contribution is 4.86. The second kappa shape index (κ2) is 4.40. The third kappa shape index (κ3) is 2.22. The van der Waals surface area contributed by atoms with E-state index in [-0.39, 0.29) is 0 Å². The molecule has 3 nitrogen and oxygen atoms in total. The molecule has 0 aromatic rings. The Morgan fingerprint density at radius 2 is 1.77 bits per heavy atom. The molecule has 0 radical (unpaired) electrons. The number of nitrogens with two attached hydrogens (primary N) is 1. The Morgan fingerprint density at radius 1 is 1.08 bits per heavy atom. The lowest BCUT2D eigenvalue weighted by Gasteiger charge is -2.40. The fraction of sp³-hybridized carbons (Fsp3) is 1.00. The first-order valence-electron chi connectivity index (χ1n) is 5.45. The van der Waals surface area contributed by atoms with Gasteiger partial charge in [-0.25, -0.2) is 0 Å². The van der Waals surface area contributed by atoms with Crippen LogP contribution < -0.4 is 5.73 Å². The molecule has 0 bridgehead atoms. The molecule has 3 heteroatoms. The van der Waals surface area contributed by atoms with Crippen molar-refractivity contribution in [1.29, 1.82) is 0 Å². The summed E-state index contributed by atoms with van der Waals surface area (Å²) in [6.07, 6.45) is 5.18. The van der Waals surface area contributed by atoms with Crippen LogP contribution in [0.2, 0.25) is 0 Å². The highest BCUT2D eigenvalue weighted by atomic mass is 16.5. The van der Waals surface area contributed by atoms with Crippen molar-refractivity contribution < 1.29 is 4.74 Å². The van der Waals surface area contributed by atoms with Crippen molar-refractivity contribution in [2.45, 2.75) is 37.8 Å². The van der Waals surface area contributed by atoms with Gasteiger partial charge in [-0.3, -0.25) is 4.90 Å². The molecule has 0 aromatic carbocycles. The van der Waals surface area contributed by atoms with Crippen molar-refractivity contribution in [3.63, 3.8) is 0 Å². The van der Waals surface area contributed by atoms with Crippen molar-refractivity contribution in [3.8, 4) is 0 Å². The van der Waals surface area contributed by atoms with Gasteiger partial charge in [0.05, 0.1) is 13.2 Å². The first-order chi connectivity index (χ1) is 6.38. The Kier molecular flexibility index (Phi) is 3.19. The minimum absolute atomic E-state index is 0.409. The maximum atomic E-state index is 6.13. The van der Waals surface area contributed by atoms with Crippen LogP contribution in [0.1, 0.15) is 25.7 Å². The zero-order chi connectivity index (χ0) is 9.10. The van der Waals surface area contributed by atoms with Gasteiger partial charge in [0.2, 0.25) is 0 Å². The molecule has 1 aliphatic carbocycles. The van der Waals surface area contributed by atoms with Crippen LogP contribution in [0.4, 0.5) is 0 Å². The van der Waals surface area contributed by atoms with Crippen LogP contribution in [0.5, 0.6) is 0 Å². The molecule has 2 fully saturated rings. The summed E-state index contributed by atoms with van der Waals surface area (Å²) in [5.74, 6) is 0. The number of nitrogens with zero attached hydrogens (tertiary/aromatic N) is 1. The van der Waals surface area contributed by atoms with Crippen LogP contribution in [-0.2, 0) is 4.74 Å². The van der Waals surface area contributed by atoms with Crippen LogP contribution in [0.3, 0.4) is 0 Å². The van der Waals surface area contributed by atoms with Crippen molar-refractivity contribution >= 4 is 0 Å². The monoisotopic (exact) mass is 184 g/mol. The van der Waals surface area contributed by atoms with Gasteiger partial charge in [-0.1, -0.05) is 12.8 Å². The van der Waals surface area contributed by atoms with Gasteiger partial charge in [0.15, 0.2) is 0 Å². The molecule has 0 amide bonds. The lowest BCUT2D eigenvalue weighted by Crippen LogP contribution is -2.53. The second-order valence-corrected chi connectivity index (χ2v) is 4.16. The summed E-state index contributed by atoms with van der Waals surface area (Å²) in [5, 5.41) is 0. The second-order valence-electron chi connectivity index (χ2n) is 4.16. The molecule has 1 aliphatic heterocycles. The highest BCUT2D eigenvalue weighted by Gasteiger charge is 2.28. The van der Waals surface area contributed by atoms with Crippen LogP contribution in [0.15, 0.2) is 0 Å². The SMILES string of the molecule is N[C@H]1CCCC[C@H]1N1CCOCC1. The normalized spacial score (nSPS) is 37.6. The Bertz CT molecular complexity index is 157. The van der Waals surface area contributed by atoms with E-state index in [9.17, 15) is 0 Å². The number of hydrogen-bond acceptors (Lipinski definition) is 3. The fourth-order valence-corrected chi connectivity index (χ4v) is 2.50. The van der Waals surface area contributed by atoms with Gasteiger partial charge < -0.3 is 10.5 Å². The van der Waals surface area contributed by atoms with Gasteiger partial charge in [-0.05, 0) is 12.8 Å². The van der Waals surface area contributed by atoms with Crippen LogP contribution in [-0.4, -0.2) is 43.3 Å². The van der Waals surface area contributed by atoms with E-state index in [4.69, 9.17) is 10.5 Å².